The van der Waals surface area contributed by atoms with E-state index in [0.29, 0.717) is 5.56 Å². The third-order valence-corrected chi connectivity index (χ3v) is 3.72. The van der Waals surface area contributed by atoms with E-state index in [0.717, 1.165) is 17.1 Å². The van der Waals surface area contributed by atoms with Gasteiger partial charge in [0, 0.05) is 17.1 Å². The van der Waals surface area contributed by atoms with E-state index in [1.165, 1.54) is 17.7 Å². The minimum atomic E-state index is -0.287. The maximum Gasteiger partial charge on any atom is 0.124 e. The summed E-state index contributed by atoms with van der Waals surface area (Å²) in [6, 6.07) is 15.0. The molecule has 3 heteroatoms. The normalized spacial score (nSPS) is 9.90. The molecule has 0 aliphatic rings. The van der Waals surface area contributed by atoms with E-state index in [9.17, 15) is 4.39 Å². The van der Waals surface area contributed by atoms with Gasteiger partial charge in [0.15, 0.2) is 0 Å². The minimum Gasteiger partial charge on any atom is -0.384 e. The van der Waals surface area contributed by atoms with Crippen LogP contribution in [0.1, 0.15) is 16.7 Å². The van der Waals surface area contributed by atoms with Gasteiger partial charge in [-0.3, -0.25) is 0 Å². The van der Waals surface area contributed by atoms with Gasteiger partial charge in [0.2, 0.25) is 0 Å². The van der Waals surface area contributed by atoms with Crippen molar-refractivity contribution in [1.82, 2.24) is 0 Å². The van der Waals surface area contributed by atoms with Crippen LogP contribution in [0.3, 0.4) is 0 Å². The highest BCUT2D eigenvalue weighted by Gasteiger charge is 2.00. The summed E-state index contributed by atoms with van der Waals surface area (Å²) >= 11 is 1.74. The number of rotatable bonds is 4. The number of hydrogen-bond acceptors (Lipinski definition) is 2. The van der Waals surface area contributed by atoms with Gasteiger partial charge in [-0.05, 0) is 29.3 Å². The molecule has 0 amide bonds. The lowest BCUT2D eigenvalue weighted by Crippen LogP contribution is -1.88. The largest absolute Gasteiger partial charge is 0.384 e. The highest BCUT2D eigenvalue weighted by molar-refractivity contribution is 7.97. The number of halogens is 1. The van der Waals surface area contributed by atoms with Gasteiger partial charge >= 0.3 is 0 Å². The zero-order valence-electron chi connectivity index (χ0n) is 11.0. The van der Waals surface area contributed by atoms with Gasteiger partial charge in [0.1, 0.15) is 12.4 Å². The number of hydrogen-bond donors (Lipinski definition) is 1. The van der Waals surface area contributed by atoms with Gasteiger partial charge < -0.3 is 5.11 Å². The Kier molecular flexibility index (Phi) is 5.67. The summed E-state index contributed by atoms with van der Waals surface area (Å²) in [6.45, 7) is -0.214. The average Bonchev–Trinajstić information content (AvgIpc) is 2.46. The van der Waals surface area contributed by atoms with E-state index in [1.54, 1.807) is 11.8 Å². The molecular formula is C17H15FOS. The molecular weight excluding hydrogens is 271 g/mol. The molecule has 0 spiro atoms. The molecule has 2 aromatic rings. The molecule has 0 heterocycles. The SMILES string of the molecule is OCC#Cc1cc(F)cc(CSCc2ccccc2)c1. The fourth-order valence-electron chi connectivity index (χ4n) is 1.81. The van der Waals surface area contributed by atoms with E-state index in [-0.39, 0.29) is 12.4 Å². The molecule has 0 atom stereocenters. The van der Waals surface area contributed by atoms with Crippen LogP contribution in [0, 0.1) is 17.7 Å². The van der Waals surface area contributed by atoms with Crippen molar-refractivity contribution in [2.75, 3.05) is 6.61 Å². The summed E-state index contributed by atoms with van der Waals surface area (Å²) in [5.41, 5.74) is 2.77. The third-order valence-electron chi connectivity index (χ3n) is 2.65. The van der Waals surface area contributed by atoms with Gasteiger partial charge in [-0.15, -0.1) is 0 Å². The first-order chi connectivity index (χ1) is 9.78. The quantitative estimate of drug-likeness (QED) is 0.867. The van der Waals surface area contributed by atoms with Crippen LogP contribution in [0.5, 0.6) is 0 Å². The van der Waals surface area contributed by atoms with Crippen LogP contribution in [0.2, 0.25) is 0 Å². The van der Waals surface area contributed by atoms with E-state index < -0.39 is 0 Å². The molecule has 0 unspecified atom stereocenters. The molecule has 1 N–H and O–H groups in total. The van der Waals surface area contributed by atoms with Gasteiger partial charge in [0.05, 0.1) is 0 Å². The van der Waals surface area contributed by atoms with Crippen LogP contribution >= 0.6 is 11.8 Å². The molecule has 1 nitrogen and oxygen atoms in total. The van der Waals surface area contributed by atoms with Crippen molar-refractivity contribution in [3.63, 3.8) is 0 Å². The van der Waals surface area contributed by atoms with Crippen LogP contribution in [-0.4, -0.2) is 11.7 Å². The van der Waals surface area contributed by atoms with Crippen LogP contribution in [0.4, 0.5) is 4.39 Å². The van der Waals surface area contributed by atoms with Crippen LogP contribution < -0.4 is 0 Å². The first-order valence-corrected chi connectivity index (χ1v) is 7.44. The highest BCUT2D eigenvalue weighted by atomic mass is 32.2. The molecule has 0 bridgehead atoms. The zero-order valence-corrected chi connectivity index (χ0v) is 11.8. The Morgan fingerprint density at radius 2 is 1.75 bits per heavy atom. The molecule has 2 rings (SSSR count). The van der Waals surface area contributed by atoms with Crippen LogP contribution in [-0.2, 0) is 11.5 Å². The second-order valence-electron chi connectivity index (χ2n) is 4.29. The Labute approximate surface area is 122 Å². The predicted molar refractivity (Wildman–Crippen MR) is 81.8 cm³/mol. The third kappa shape index (κ3) is 4.73. The molecule has 0 saturated carbocycles. The van der Waals surface area contributed by atoms with Crippen molar-refractivity contribution in [2.45, 2.75) is 11.5 Å². The van der Waals surface area contributed by atoms with E-state index in [1.807, 2.05) is 24.3 Å². The molecule has 2 aromatic carbocycles. The van der Waals surface area contributed by atoms with Crippen molar-refractivity contribution in [1.29, 1.82) is 0 Å². The van der Waals surface area contributed by atoms with E-state index >= 15 is 0 Å². The molecule has 0 aliphatic carbocycles. The molecule has 102 valence electrons. The van der Waals surface area contributed by atoms with Gasteiger partial charge in [-0.2, -0.15) is 11.8 Å². The maximum atomic E-state index is 13.5. The Balaban J connectivity index is 1.97. The summed E-state index contributed by atoms with van der Waals surface area (Å²) in [5.74, 6) is 6.61. The van der Waals surface area contributed by atoms with Gasteiger partial charge in [-0.1, -0.05) is 42.2 Å². The van der Waals surface area contributed by atoms with Crippen molar-refractivity contribution in [2.24, 2.45) is 0 Å². The standard InChI is InChI=1S/C17H15FOS/c18-17-10-15(7-4-8-19)9-16(11-17)13-20-12-14-5-2-1-3-6-14/h1-3,5-6,9-11,19H,8,12-13H2. The van der Waals surface area contributed by atoms with Gasteiger partial charge in [-0.25, -0.2) is 4.39 Å². The lowest BCUT2D eigenvalue weighted by molar-refractivity contribution is 0.350. The Morgan fingerprint density at radius 1 is 1.00 bits per heavy atom. The fraction of sp³-hybridized carbons (Fsp3) is 0.176. The van der Waals surface area contributed by atoms with Crippen LogP contribution in [0.15, 0.2) is 48.5 Å². The zero-order chi connectivity index (χ0) is 14.2. The highest BCUT2D eigenvalue weighted by Crippen LogP contribution is 2.19. The maximum absolute atomic E-state index is 13.5. The fourth-order valence-corrected chi connectivity index (χ4v) is 2.74. The summed E-state index contributed by atoms with van der Waals surface area (Å²) < 4.78 is 13.5. The van der Waals surface area contributed by atoms with Crippen LogP contribution in [0.25, 0.3) is 0 Å². The first-order valence-electron chi connectivity index (χ1n) is 6.29. The number of aliphatic hydroxyl groups excluding tert-OH is 1. The topological polar surface area (TPSA) is 20.2 Å². The summed E-state index contributed by atoms with van der Waals surface area (Å²) in [4.78, 5) is 0. The van der Waals surface area contributed by atoms with Crippen molar-refractivity contribution >= 4 is 11.8 Å². The Hall–Kier alpha value is -1.76. The summed E-state index contributed by atoms with van der Waals surface area (Å²) in [7, 11) is 0. The minimum absolute atomic E-state index is 0.214. The number of benzene rings is 2. The van der Waals surface area contributed by atoms with Crippen molar-refractivity contribution < 1.29 is 9.50 Å². The Bertz CT molecular complexity index is 614. The second kappa shape index (κ2) is 7.74. The average molecular weight is 286 g/mol. The number of thioether (sulfide) groups is 1. The number of aliphatic hydroxyl groups is 1. The lowest BCUT2D eigenvalue weighted by Gasteiger charge is -2.04. The molecule has 0 aromatic heterocycles. The molecule has 0 radical (unpaired) electrons. The molecule has 0 fully saturated rings. The Morgan fingerprint density at radius 3 is 2.50 bits per heavy atom. The second-order valence-corrected chi connectivity index (χ2v) is 5.27. The summed E-state index contributed by atoms with van der Waals surface area (Å²) in [5, 5.41) is 8.66. The predicted octanol–water partition coefficient (Wildman–Crippen LogP) is 3.60. The van der Waals surface area contributed by atoms with E-state index in [4.69, 9.17) is 5.11 Å². The van der Waals surface area contributed by atoms with Crippen molar-refractivity contribution in [3.8, 4) is 11.8 Å². The first kappa shape index (κ1) is 14.6. The lowest BCUT2D eigenvalue weighted by atomic mass is 10.1. The molecule has 0 aliphatic heterocycles. The molecule has 0 saturated heterocycles. The van der Waals surface area contributed by atoms with Crippen molar-refractivity contribution in [3.05, 3.63) is 71.0 Å². The van der Waals surface area contributed by atoms with Gasteiger partial charge in [0.25, 0.3) is 0 Å². The molecule has 20 heavy (non-hydrogen) atoms. The van der Waals surface area contributed by atoms with E-state index in [2.05, 4.69) is 24.0 Å². The smallest absolute Gasteiger partial charge is 0.124 e. The monoisotopic (exact) mass is 286 g/mol. The summed E-state index contributed by atoms with van der Waals surface area (Å²) in [6.07, 6.45) is 0.